The minimum Gasteiger partial charge on any atom is -0.443 e. The summed E-state index contributed by atoms with van der Waals surface area (Å²) in [5.41, 5.74) is 0.237. The second kappa shape index (κ2) is 8.49. The molecule has 0 bridgehead atoms. The normalized spacial score (nSPS) is 28.5. The first-order valence-corrected chi connectivity index (χ1v) is 14.0. The standard InChI is InChI=1S/C27H39NO6S/c1-25(2,3)28(24(30)33-26(4,5)6)35(31,32)34-18-9-11-19-17(16-18)8-10-21-20(19)14-15-27(7)22(21)12-13-23(27)29/h9,11,16,20-22H,8,10,12-15H2,1-7H3/t20?,21?,22?,27-/m0/s1. The Kier molecular flexibility index (Phi) is 6.31. The number of ketones is 1. The Balaban J connectivity index is 1.57. The number of ether oxygens (including phenoxy) is 1. The lowest BCUT2D eigenvalue weighted by Gasteiger charge is -2.48. The van der Waals surface area contributed by atoms with E-state index in [4.69, 9.17) is 8.92 Å². The Bertz CT molecular complexity index is 1130. The summed E-state index contributed by atoms with van der Waals surface area (Å²) >= 11 is 0. The van der Waals surface area contributed by atoms with Crippen LogP contribution in [0.3, 0.4) is 0 Å². The van der Waals surface area contributed by atoms with Gasteiger partial charge in [0.25, 0.3) is 0 Å². The van der Waals surface area contributed by atoms with Crippen molar-refractivity contribution in [2.45, 2.75) is 104 Å². The van der Waals surface area contributed by atoms with Crippen LogP contribution in [0.4, 0.5) is 4.79 Å². The van der Waals surface area contributed by atoms with Crippen LogP contribution in [0.25, 0.3) is 0 Å². The van der Waals surface area contributed by atoms with E-state index in [9.17, 15) is 18.0 Å². The highest BCUT2D eigenvalue weighted by Crippen LogP contribution is 2.59. The summed E-state index contributed by atoms with van der Waals surface area (Å²) in [7, 11) is -4.46. The lowest BCUT2D eigenvalue weighted by molar-refractivity contribution is -0.129. The fraction of sp³-hybridized carbons (Fsp3) is 0.704. The molecule has 4 atom stereocenters. The second-order valence-corrected chi connectivity index (χ2v) is 14.0. The van der Waals surface area contributed by atoms with Gasteiger partial charge in [-0.1, -0.05) is 13.0 Å². The zero-order chi connectivity index (χ0) is 26.0. The Morgan fingerprint density at radius 3 is 2.37 bits per heavy atom. The maximum Gasteiger partial charge on any atom is 0.427 e. The highest BCUT2D eigenvalue weighted by molar-refractivity contribution is 7.85. The number of carbonyl (C=O) groups is 2. The largest absolute Gasteiger partial charge is 0.443 e. The van der Waals surface area contributed by atoms with Crippen LogP contribution in [-0.4, -0.2) is 35.7 Å². The number of aryl methyl sites for hydroxylation is 1. The van der Waals surface area contributed by atoms with Gasteiger partial charge in [0.2, 0.25) is 0 Å². The van der Waals surface area contributed by atoms with Gasteiger partial charge in [0.1, 0.15) is 17.1 Å². The molecule has 7 nitrogen and oxygen atoms in total. The van der Waals surface area contributed by atoms with Gasteiger partial charge in [0.15, 0.2) is 0 Å². The SMILES string of the molecule is CC(C)(C)OC(=O)N(C(C)(C)C)S(=O)(=O)Oc1ccc2c(c1)CCC1C2CC[C@]2(C)C(=O)CCC12. The number of Topliss-reactive ketones (excluding diaryl/α,β-unsaturated/α-hetero) is 1. The molecule has 194 valence electrons. The molecule has 0 radical (unpaired) electrons. The molecular formula is C27H39NO6S. The third kappa shape index (κ3) is 4.83. The topological polar surface area (TPSA) is 90.0 Å². The van der Waals surface area contributed by atoms with Crippen LogP contribution in [0.5, 0.6) is 5.75 Å². The first kappa shape index (κ1) is 26.0. The van der Waals surface area contributed by atoms with Gasteiger partial charge in [-0.3, -0.25) is 4.79 Å². The van der Waals surface area contributed by atoms with E-state index in [1.54, 1.807) is 53.7 Å². The molecule has 3 unspecified atom stereocenters. The van der Waals surface area contributed by atoms with Crippen LogP contribution in [0.15, 0.2) is 18.2 Å². The monoisotopic (exact) mass is 505 g/mol. The van der Waals surface area contributed by atoms with Gasteiger partial charge in [0, 0.05) is 11.8 Å². The highest BCUT2D eigenvalue weighted by atomic mass is 32.2. The summed E-state index contributed by atoms with van der Waals surface area (Å²) in [5.74, 6) is 1.94. The number of nitrogens with zero attached hydrogens (tertiary/aromatic N) is 1. The van der Waals surface area contributed by atoms with Gasteiger partial charge < -0.3 is 8.92 Å². The smallest absolute Gasteiger partial charge is 0.427 e. The van der Waals surface area contributed by atoms with Crippen molar-refractivity contribution in [1.29, 1.82) is 0 Å². The molecule has 1 amide bonds. The number of hydrogen-bond donors (Lipinski definition) is 0. The predicted molar refractivity (Wildman–Crippen MR) is 133 cm³/mol. The summed E-state index contributed by atoms with van der Waals surface area (Å²) in [5, 5.41) is 0. The minimum atomic E-state index is -4.46. The molecule has 8 heteroatoms. The van der Waals surface area contributed by atoms with Crippen LogP contribution in [0.2, 0.25) is 0 Å². The van der Waals surface area contributed by atoms with Crippen LogP contribution < -0.4 is 4.18 Å². The zero-order valence-corrected chi connectivity index (χ0v) is 22.8. The Hall–Kier alpha value is -2.09. The van der Waals surface area contributed by atoms with Crippen molar-refractivity contribution < 1.29 is 26.9 Å². The molecule has 1 aromatic rings. The van der Waals surface area contributed by atoms with E-state index in [0.29, 0.717) is 34.3 Å². The van der Waals surface area contributed by atoms with Gasteiger partial charge in [-0.05, 0) is 115 Å². The molecule has 4 rings (SSSR count). The molecule has 35 heavy (non-hydrogen) atoms. The van der Waals surface area contributed by atoms with Crippen LogP contribution in [0.1, 0.15) is 97.6 Å². The lowest BCUT2D eigenvalue weighted by atomic mass is 9.55. The maximum absolute atomic E-state index is 13.2. The highest BCUT2D eigenvalue weighted by Gasteiger charge is 2.54. The van der Waals surface area contributed by atoms with E-state index in [0.717, 1.165) is 37.7 Å². The van der Waals surface area contributed by atoms with Crippen molar-refractivity contribution in [2.24, 2.45) is 17.3 Å². The number of rotatable bonds is 3. The average Bonchev–Trinajstić information content (AvgIpc) is 2.99. The summed E-state index contributed by atoms with van der Waals surface area (Å²) in [6.45, 7) is 12.1. The molecule has 0 heterocycles. The van der Waals surface area contributed by atoms with Gasteiger partial charge in [-0.25, -0.2) is 4.79 Å². The predicted octanol–water partition coefficient (Wildman–Crippen LogP) is 5.77. The third-order valence-corrected chi connectivity index (χ3v) is 9.55. The zero-order valence-electron chi connectivity index (χ0n) is 22.0. The van der Waals surface area contributed by atoms with Crippen molar-refractivity contribution in [3.8, 4) is 5.75 Å². The molecule has 0 spiro atoms. The molecule has 0 aromatic heterocycles. The van der Waals surface area contributed by atoms with Crippen LogP contribution >= 0.6 is 0 Å². The number of amides is 1. The van der Waals surface area contributed by atoms with E-state index < -0.39 is 27.5 Å². The van der Waals surface area contributed by atoms with E-state index >= 15 is 0 Å². The average molecular weight is 506 g/mol. The Morgan fingerprint density at radius 1 is 1.06 bits per heavy atom. The van der Waals surface area contributed by atoms with Gasteiger partial charge in [-0.2, -0.15) is 12.7 Å². The van der Waals surface area contributed by atoms with Gasteiger partial charge >= 0.3 is 16.4 Å². The van der Waals surface area contributed by atoms with Crippen molar-refractivity contribution in [1.82, 2.24) is 4.31 Å². The van der Waals surface area contributed by atoms with Gasteiger partial charge in [-0.15, -0.1) is 0 Å². The number of fused-ring (bicyclic) bond motifs is 5. The quantitative estimate of drug-likeness (QED) is 0.518. The van der Waals surface area contributed by atoms with Crippen molar-refractivity contribution in [3.63, 3.8) is 0 Å². The summed E-state index contributed by atoms with van der Waals surface area (Å²) in [4.78, 5) is 25.4. The van der Waals surface area contributed by atoms with E-state index in [1.165, 1.54) is 5.56 Å². The molecular weight excluding hydrogens is 466 g/mol. The first-order valence-electron chi connectivity index (χ1n) is 12.7. The molecule has 2 fully saturated rings. The van der Waals surface area contributed by atoms with Gasteiger partial charge in [0.05, 0.1) is 5.54 Å². The van der Waals surface area contributed by atoms with Crippen molar-refractivity contribution >= 4 is 22.2 Å². The molecule has 1 aromatic carbocycles. The second-order valence-electron chi connectivity index (χ2n) is 12.7. The minimum absolute atomic E-state index is 0.173. The molecule has 3 aliphatic rings. The van der Waals surface area contributed by atoms with Crippen molar-refractivity contribution in [2.75, 3.05) is 0 Å². The van der Waals surface area contributed by atoms with Crippen molar-refractivity contribution in [3.05, 3.63) is 29.3 Å². The lowest BCUT2D eigenvalue weighted by Crippen LogP contribution is -2.52. The number of carbonyl (C=O) groups excluding carboxylic acids is 2. The molecule has 0 aliphatic heterocycles. The third-order valence-electron chi connectivity index (χ3n) is 8.00. The molecule has 0 N–H and O–H groups in total. The summed E-state index contributed by atoms with van der Waals surface area (Å²) in [6, 6.07) is 5.46. The van der Waals surface area contributed by atoms with Crippen LogP contribution in [-0.2, 0) is 26.3 Å². The Labute approximate surface area is 209 Å². The number of benzene rings is 1. The maximum atomic E-state index is 13.2. The fourth-order valence-corrected chi connectivity index (χ4v) is 7.86. The van der Waals surface area contributed by atoms with E-state index in [-0.39, 0.29) is 11.2 Å². The van der Waals surface area contributed by atoms with E-state index in [2.05, 4.69) is 6.92 Å². The van der Waals surface area contributed by atoms with E-state index in [1.807, 2.05) is 6.07 Å². The molecule has 0 saturated heterocycles. The Morgan fingerprint density at radius 2 is 1.74 bits per heavy atom. The van der Waals surface area contributed by atoms with Crippen LogP contribution in [0, 0.1) is 17.3 Å². The number of hydrogen-bond acceptors (Lipinski definition) is 6. The summed E-state index contributed by atoms with van der Waals surface area (Å²) < 4.78 is 38.0. The fourth-order valence-electron chi connectivity index (χ4n) is 6.54. The summed E-state index contributed by atoms with van der Waals surface area (Å²) in [6.07, 6.45) is 4.42. The molecule has 3 aliphatic carbocycles. The molecule has 2 saturated carbocycles. The first-order chi connectivity index (χ1) is 16.0.